The van der Waals surface area contributed by atoms with Gasteiger partial charge in [-0.1, -0.05) is 0 Å². The van der Waals surface area contributed by atoms with Gasteiger partial charge in [-0.25, -0.2) is 9.98 Å². The van der Waals surface area contributed by atoms with Gasteiger partial charge in [-0.3, -0.25) is 4.99 Å². The van der Waals surface area contributed by atoms with E-state index >= 15 is 0 Å². The summed E-state index contributed by atoms with van der Waals surface area (Å²) in [4.78, 5) is 25.7. The number of fused-ring (bicyclic) bond motifs is 1. The number of carbonyl (C=O) groups excluding carboxylic acids is 1. The zero-order valence-electron chi connectivity index (χ0n) is 18.2. The van der Waals surface area contributed by atoms with Gasteiger partial charge in [-0.2, -0.15) is 0 Å². The van der Waals surface area contributed by atoms with E-state index in [-0.39, 0.29) is 24.0 Å². The van der Waals surface area contributed by atoms with Gasteiger partial charge in [-0.05, 0) is 36.7 Å². The third kappa shape index (κ3) is 5.30. The number of carboxylic acid groups (broad SMARTS) is 1. The monoisotopic (exact) mass is 471 g/mol. The normalized spacial score (nSPS) is 33.6. The first kappa shape index (κ1) is 25.0. The second-order valence-electron chi connectivity index (χ2n) is 8.40. The Balaban J connectivity index is 1.61. The number of carboxylic acids is 1. The summed E-state index contributed by atoms with van der Waals surface area (Å²) in [6.07, 6.45) is 2.09. The van der Waals surface area contributed by atoms with E-state index < -0.39 is 42.2 Å². The fourth-order valence-electron chi connectivity index (χ4n) is 3.99. The molecule has 3 heterocycles. The van der Waals surface area contributed by atoms with Crippen LogP contribution in [0.2, 0.25) is 0 Å². The third-order valence-electron chi connectivity index (χ3n) is 5.93. The number of nitrogens with zero attached hydrogens (tertiary/aromatic N) is 4. The smallest absolute Gasteiger partial charge is 0.162 e. The van der Waals surface area contributed by atoms with Crippen LogP contribution in [0.5, 0.6) is 0 Å². The molecule has 2 unspecified atom stereocenters. The van der Waals surface area contributed by atoms with Crippen LogP contribution in [-0.2, 0) is 20.4 Å². The standard InChI is InChI=1S/C19H33N7O5S/c1-32(7-4-11(21)18(29)30)8-12-13(27)14(28)17(31-12)26-10-24-15-16(26)23-9-25-19(15,22)5-2-3-6-20/h9,11-14,17,27-28H,2-8,10,20-22H2,1H3/t11-,12+,13+,14+,17+,19?,32?/m0/s1. The van der Waals surface area contributed by atoms with Crippen molar-refractivity contribution in [2.75, 3.05) is 31.0 Å². The molecular formula is C19H33N7O5S. The summed E-state index contributed by atoms with van der Waals surface area (Å²) >= 11 is 0. The van der Waals surface area contributed by atoms with Gasteiger partial charge < -0.3 is 47.0 Å². The molecule has 3 rings (SSSR count). The Morgan fingerprint density at radius 1 is 1.44 bits per heavy atom. The number of amidine groups is 1. The topological polar surface area (TPSA) is 208 Å². The second kappa shape index (κ2) is 10.5. The molecule has 3 aliphatic heterocycles. The molecule has 32 heavy (non-hydrogen) atoms. The molecule has 0 aromatic carbocycles. The lowest BCUT2D eigenvalue weighted by molar-refractivity contribution is -0.307. The van der Waals surface area contributed by atoms with Crippen LogP contribution in [0.1, 0.15) is 25.7 Å². The van der Waals surface area contributed by atoms with Gasteiger partial charge >= 0.3 is 0 Å². The van der Waals surface area contributed by atoms with Crippen molar-refractivity contribution in [2.24, 2.45) is 32.2 Å². The Labute approximate surface area is 190 Å². The van der Waals surface area contributed by atoms with Crippen LogP contribution in [0.4, 0.5) is 0 Å². The maximum absolute atomic E-state index is 10.8. The average Bonchev–Trinajstić information content (AvgIpc) is 3.30. The molecule has 0 bridgehead atoms. The number of aliphatic hydroxyl groups is 2. The minimum absolute atomic E-state index is 0.187. The number of aliphatic hydroxyl groups excluding tert-OH is 2. The lowest BCUT2D eigenvalue weighted by Gasteiger charge is -2.32. The Kier molecular flexibility index (Phi) is 8.25. The number of hydrogen-bond acceptors (Lipinski definition) is 12. The predicted octanol–water partition coefficient (Wildman–Crippen LogP) is -3.91. The molecule has 180 valence electrons. The molecule has 1 fully saturated rings. The highest BCUT2D eigenvalue weighted by Crippen LogP contribution is 2.31. The van der Waals surface area contributed by atoms with Crippen molar-refractivity contribution in [1.29, 1.82) is 0 Å². The van der Waals surface area contributed by atoms with Crippen molar-refractivity contribution in [2.45, 2.75) is 61.9 Å². The van der Waals surface area contributed by atoms with Gasteiger partial charge in [0.25, 0.3) is 0 Å². The van der Waals surface area contributed by atoms with Crippen molar-refractivity contribution < 1.29 is 24.9 Å². The summed E-state index contributed by atoms with van der Waals surface area (Å²) in [5.41, 5.74) is 17.1. The highest BCUT2D eigenvalue weighted by Gasteiger charge is 2.51. The van der Waals surface area contributed by atoms with Crippen molar-refractivity contribution in [3.63, 3.8) is 0 Å². The number of nitrogens with two attached hydrogens (primary N) is 3. The summed E-state index contributed by atoms with van der Waals surface area (Å²) in [7, 11) is -0.270. The van der Waals surface area contributed by atoms with Crippen LogP contribution in [0, 0.1) is 0 Å². The largest absolute Gasteiger partial charge is 0.548 e. The minimum atomic E-state index is -1.28. The third-order valence-corrected chi connectivity index (χ3v) is 7.76. The Morgan fingerprint density at radius 3 is 2.88 bits per heavy atom. The van der Waals surface area contributed by atoms with E-state index in [9.17, 15) is 20.1 Å². The Hall–Kier alpha value is -1.61. The summed E-state index contributed by atoms with van der Waals surface area (Å²) in [6, 6.07) is -1.02. The maximum Gasteiger partial charge on any atom is 0.162 e. The first-order valence-electron chi connectivity index (χ1n) is 10.7. The first-order chi connectivity index (χ1) is 15.2. The van der Waals surface area contributed by atoms with Gasteiger partial charge in [0.05, 0.1) is 12.2 Å². The van der Waals surface area contributed by atoms with E-state index in [4.69, 9.17) is 21.9 Å². The number of hydrogen-bond donors (Lipinski definition) is 5. The van der Waals surface area contributed by atoms with Gasteiger partial charge in [0.15, 0.2) is 17.7 Å². The van der Waals surface area contributed by atoms with Crippen LogP contribution in [0.15, 0.2) is 15.0 Å². The zero-order valence-corrected chi connectivity index (χ0v) is 19.0. The number of ether oxygens (including phenoxy) is 1. The lowest BCUT2D eigenvalue weighted by Crippen LogP contribution is -2.55. The van der Waals surface area contributed by atoms with E-state index in [1.54, 1.807) is 4.90 Å². The van der Waals surface area contributed by atoms with Crippen molar-refractivity contribution >= 4 is 34.8 Å². The average molecular weight is 472 g/mol. The molecule has 1 saturated heterocycles. The number of aliphatic carboxylic acids is 1. The van der Waals surface area contributed by atoms with E-state index in [1.165, 1.54) is 6.34 Å². The fourth-order valence-corrected chi connectivity index (χ4v) is 5.65. The van der Waals surface area contributed by atoms with Crippen LogP contribution in [0.3, 0.4) is 0 Å². The Bertz CT molecular complexity index is 781. The van der Waals surface area contributed by atoms with Crippen molar-refractivity contribution in [3.8, 4) is 0 Å². The fraction of sp³-hybridized carbons (Fsp3) is 0.789. The summed E-state index contributed by atoms with van der Waals surface area (Å²) < 4.78 is 6.03. The summed E-state index contributed by atoms with van der Waals surface area (Å²) in [6.45, 7) is 0.756. The predicted molar refractivity (Wildman–Crippen MR) is 121 cm³/mol. The number of aliphatic imine (C=N–C) groups is 3. The molecule has 13 heteroatoms. The van der Waals surface area contributed by atoms with Crippen LogP contribution < -0.4 is 22.3 Å². The second-order valence-corrected chi connectivity index (χ2v) is 10.7. The van der Waals surface area contributed by atoms with Crippen molar-refractivity contribution in [1.82, 2.24) is 4.90 Å². The van der Waals surface area contributed by atoms with E-state index in [1.807, 2.05) is 6.26 Å². The Morgan fingerprint density at radius 2 is 2.19 bits per heavy atom. The first-order valence-corrected chi connectivity index (χ1v) is 12.6. The number of unbranched alkanes of at least 4 members (excludes halogenated alkanes) is 1. The van der Waals surface area contributed by atoms with Gasteiger partial charge in [0, 0.05) is 12.5 Å². The van der Waals surface area contributed by atoms with Gasteiger partial charge in [-0.15, -0.1) is 0 Å². The summed E-state index contributed by atoms with van der Waals surface area (Å²) in [5, 5.41) is 32.1. The van der Waals surface area contributed by atoms with Crippen molar-refractivity contribution in [3.05, 3.63) is 0 Å². The molecule has 12 nitrogen and oxygen atoms in total. The van der Waals surface area contributed by atoms with Gasteiger partial charge in [0.1, 0.15) is 48.5 Å². The van der Waals surface area contributed by atoms with Crippen LogP contribution in [-0.4, -0.2) is 106 Å². The molecule has 0 spiro atoms. The molecule has 7 atom stereocenters. The quantitative estimate of drug-likeness (QED) is 0.147. The van der Waals surface area contributed by atoms with E-state index in [2.05, 4.69) is 15.0 Å². The van der Waals surface area contributed by atoms with Crippen LogP contribution in [0.25, 0.3) is 0 Å². The molecule has 0 saturated carbocycles. The molecule has 0 aromatic rings. The highest BCUT2D eigenvalue weighted by atomic mass is 32.2. The maximum atomic E-state index is 10.8. The molecule has 0 amide bonds. The molecular weight excluding hydrogens is 438 g/mol. The van der Waals surface area contributed by atoms with E-state index in [0.717, 1.165) is 12.8 Å². The van der Waals surface area contributed by atoms with Crippen LogP contribution >= 0.6 is 0 Å². The number of carbonyl (C=O) groups is 1. The molecule has 0 radical (unpaired) electrons. The lowest BCUT2D eigenvalue weighted by atomic mass is 9.96. The molecule has 0 aromatic heterocycles. The van der Waals surface area contributed by atoms with E-state index in [0.29, 0.717) is 36.0 Å². The molecule has 3 aliphatic rings. The SMILES string of the molecule is C[S+](CC[C@H](N)C(=O)[O-])C[C@H]1O[C@@H](N2CN=C3C2=NC=NC3(N)CCCCN)[C@H](O)[C@@H]1O. The minimum Gasteiger partial charge on any atom is -0.548 e. The highest BCUT2D eigenvalue weighted by molar-refractivity contribution is 7.96. The van der Waals surface area contributed by atoms with Gasteiger partial charge in [0.2, 0.25) is 0 Å². The molecule has 0 aliphatic carbocycles. The molecule has 8 N–H and O–H groups in total. The summed E-state index contributed by atoms with van der Waals surface area (Å²) in [5.74, 6) is 0.225. The zero-order chi connectivity index (χ0) is 23.5. The number of rotatable bonds is 11.